The van der Waals surface area contributed by atoms with Crippen LogP contribution in [-0.2, 0) is 0 Å². The molecule has 30 heavy (non-hydrogen) atoms. The Morgan fingerprint density at radius 3 is 2.33 bits per heavy atom. The van der Waals surface area contributed by atoms with Gasteiger partial charge < -0.3 is 0 Å². The van der Waals surface area contributed by atoms with Gasteiger partial charge in [-0.3, -0.25) is 0 Å². The van der Waals surface area contributed by atoms with E-state index >= 15 is 0 Å². The van der Waals surface area contributed by atoms with Gasteiger partial charge in [-0.15, -0.1) is 21.5 Å². The van der Waals surface area contributed by atoms with Crippen LogP contribution in [0, 0.1) is 0 Å². The lowest BCUT2D eigenvalue weighted by Crippen LogP contribution is -1.95. The second-order valence-corrected chi connectivity index (χ2v) is 8.06. The van der Waals surface area contributed by atoms with Gasteiger partial charge in [-0.05, 0) is 40.4 Å². The molecule has 3 aromatic heterocycles. The van der Waals surface area contributed by atoms with Crippen LogP contribution in [0.15, 0.2) is 96.5 Å². The fourth-order valence-electron chi connectivity index (χ4n) is 3.76. The first-order chi connectivity index (χ1) is 14.9. The first-order valence-corrected chi connectivity index (χ1v) is 10.6. The molecule has 4 nitrogen and oxygen atoms in total. The van der Waals surface area contributed by atoms with Crippen molar-refractivity contribution < 1.29 is 0 Å². The van der Waals surface area contributed by atoms with Crippen LogP contribution in [0.1, 0.15) is 0 Å². The van der Waals surface area contributed by atoms with Crippen molar-refractivity contribution in [2.24, 2.45) is 0 Å². The van der Waals surface area contributed by atoms with E-state index in [4.69, 9.17) is 5.10 Å². The minimum atomic E-state index is 0.797. The highest BCUT2D eigenvalue weighted by atomic mass is 32.1. The van der Waals surface area contributed by atoms with Crippen LogP contribution in [0.4, 0.5) is 0 Å². The van der Waals surface area contributed by atoms with Crippen molar-refractivity contribution in [2.75, 3.05) is 0 Å². The predicted octanol–water partition coefficient (Wildman–Crippen LogP) is 6.36. The average Bonchev–Trinajstić information content (AvgIpc) is 3.49. The van der Waals surface area contributed by atoms with Gasteiger partial charge in [0.2, 0.25) is 0 Å². The number of nitrogens with zero attached hydrogens (tertiary/aromatic N) is 4. The minimum Gasteiger partial charge on any atom is -0.240 e. The van der Waals surface area contributed by atoms with Crippen LogP contribution in [0.25, 0.3) is 49.2 Å². The molecule has 0 radical (unpaired) electrons. The van der Waals surface area contributed by atoms with E-state index in [9.17, 15) is 0 Å². The molecule has 0 fully saturated rings. The molecule has 142 valence electrons. The van der Waals surface area contributed by atoms with Crippen molar-refractivity contribution in [1.82, 2.24) is 20.0 Å². The monoisotopic (exact) mass is 404 g/mol. The first kappa shape index (κ1) is 17.1. The summed E-state index contributed by atoms with van der Waals surface area (Å²) >= 11 is 1.66. The molecule has 0 atom stereocenters. The standard InChI is InChI=1S/C25H16N4S/c1-2-9-20(10-3-1)29-16-21-24(22-11-6-14-30-22)27-26-23(25(21)28-29)19-13-12-17-7-4-5-8-18(17)15-19/h1-16H. The van der Waals surface area contributed by atoms with E-state index in [1.807, 2.05) is 41.1 Å². The summed E-state index contributed by atoms with van der Waals surface area (Å²) in [6.45, 7) is 0. The number of para-hydroxylation sites is 1. The molecule has 3 aromatic carbocycles. The molecule has 0 bridgehead atoms. The maximum atomic E-state index is 4.93. The smallest absolute Gasteiger partial charge is 0.123 e. The molecule has 3 heterocycles. The van der Waals surface area contributed by atoms with Crippen LogP contribution in [-0.4, -0.2) is 20.0 Å². The van der Waals surface area contributed by atoms with Gasteiger partial charge >= 0.3 is 0 Å². The summed E-state index contributed by atoms with van der Waals surface area (Å²) in [4.78, 5) is 1.09. The highest BCUT2D eigenvalue weighted by molar-refractivity contribution is 7.13. The predicted molar refractivity (Wildman–Crippen MR) is 123 cm³/mol. The molecular formula is C25H16N4S. The third-order valence-electron chi connectivity index (χ3n) is 5.24. The Kier molecular flexibility index (Phi) is 3.92. The van der Waals surface area contributed by atoms with Gasteiger partial charge in [-0.2, -0.15) is 5.10 Å². The van der Waals surface area contributed by atoms with E-state index in [1.165, 1.54) is 10.8 Å². The van der Waals surface area contributed by atoms with Crippen LogP contribution >= 0.6 is 11.3 Å². The summed E-state index contributed by atoms with van der Waals surface area (Å²) in [6, 6.07) is 29.0. The van der Waals surface area contributed by atoms with Crippen LogP contribution in [0.5, 0.6) is 0 Å². The lowest BCUT2D eigenvalue weighted by atomic mass is 10.0. The molecule has 5 heteroatoms. The van der Waals surface area contributed by atoms with Gasteiger partial charge in [0.15, 0.2) is 0 Å². The molecule has 0 aliphatic rings. The van der Waals surface area contributed by atoms with Crippen LogP contribution in [0.2, 0.25) is 0 Å². The normalized spacial score (nSPS) is 11.3. The summed E-state index contributed by atoms with van der Waals surface area (Å²) < 4.78 is 1.91. The van der Waals surface area contributed by atoms with Gasteiger partial charge in [0.05, 0.1) is 16.0 Å². The molecule has 0 aliphatic heterocycles. The van der Waals surface area contributed by atoms with E-state index in [2.05, 4.69) is 70.3 Å². The second kappa shape index (κ2) is 6.90. The molecule has 0 saturated heterocycles. The summed E-state index contributed by atoms with van der Waals surface area (Å²) in [6.07, 6.45) is 2.05. The Morgan fingerprint density at radius 1 is 0.700 bits per heavy atom. The molecule has 0 N–H and O–H groups in total. The molecule has 0 aliphatic carbocycles. The zero-order valence-corrected chi connectivity index (χ0v) is 16.8. The zero-order chi connectivity index (χ0) is 19.9. The summed E-state index contributed by atoms with van der Waals surface area (Å²) in [5.74, 6) is 0. The number of hydrogen-bond donors (Lipinski definition) is 0. The molecule has 0 saturated carbocycles. The topological polar surface area (TPSA) is 43.6 Å². The van der Waals surface area contributed by atoms with Crippen molar-refractivity contribution in [3.63, 3.8) is 0 Å². The van der Waals surface area contributed by atoms with Crippen LogP contribution in [0.3, 0.4) is 0 Å². The maximum Gasteiger partial charge on any atom is 0.123 e. The third kappa shape index (κ3) is 2.79. The number of thiophene rings is 1. The molecule has 0 unspecified atom stereocenters. The second-order valence-electron chi connectivity index (χ2n) is 7.11. The number of aromatic nitrogens is 4. The highest BCUT2D eigenvalue weighted by Gasteiger charge is 2.17. The fourth-order valence-corrected chi connectivity index (χ4v) is 4.49. The van der Waals surface area contributed by atoms with Crippen molar-refractivity contribution in [1.29, 1.82) is 0 Å². The number of benzene rings is 3. The SMILES string of the molecule is c1ccc(-n2cc3c(-c4cccs4)nnc(-c4ccc5ccccc5c4)c3n2)cc1. The summed E-state index contributed by atoms with van der Waals surface area (Å²) in [7, 11) is 0. The Morgan fingerprint density at radius 2 is 1.50 bits per heavy atom. The molecule has 0 amide bonds. The van der Waals surface area contributed by atoms with E-state index in [0.717, 1.165) is 38.4 Å². The maximum absolute atomic E-state index is 4.93. The van der Waals surface area contributed by atoms with Crippen molar-refractivity contribution in [2.45, 2.75) is 0 Å². The molecule has 6 aromatic rings. The Bertz CT molecular complexity index is 1480. The van der Waals surface area contributed by atoms with Crippen molar-refractivity contribution >= 4 is 33.0 Å². The Hall–Kier alpha value is -3.83. The van der Waals surface area contributed by atoms with Gasteiger partial charge in [0, 0.05) is 11.8 Å². The molecule has 0 spiro atoms. The summed E-state index contributed by atoms with van der Waals surface area (Å²) in [5.41, 5.74) is 4.54. The quantitative estimate of drug-likeness (QED) is 0.344. The largest absolute Gasteiger partial charge is 0.240 e. The van der Waals surface area contributed by atoms with Crippen LogP contribution < -0.4 is 0 Å². The lowest BCUT2D eigenvalue weighted by molar-refractivity contribution is 0.895. The van der Waals surface area contributed by atoms with Crippen molar-refractivity contribution in [3.05, 3.63) is 96.5 Å². The molecular weight excluding hydrogens is 388 g/mol. The van der Waals surface area contributed by atoms with E-state index < -0.39 is 0 Å². The van der Waals surface area contributed by atoms with Gasteiger partial charge in [0.25, 0.3) is 0 Å². The first-order valence-electron chi connectivity index (χ1n) is 9.71. The van der Waals surface area contributed by atoms with Gasteiger partial charge in [-0.1, -0.05) is 60.7 Å². The number of rotatable bonds is 3. The highest BCUT2D eigenvalue weighted by Crippen LogP contribution is 2.34. The van der Waals surface area contributed by atoms with E-state index in [-0.39, 0.29) is 0 Å². The zero-order valence-electron chi connectivity index (χ0n) is 15.9. The lowest BCUT2D eigenvalue weighted by Gasteiger charge is -2.05. The average molecular weight is 404 g/mol. The third-order valence-corrected chi connectivity index (χ3v) is 6.12. The minimum absolute atomic E-state index is 0.797. The van der Waals surface area contributed by atoms with E-state index in [1.54, 1.807) is 11.3 Å². The Balaban J connectivity index is 1.62. The van der Waals surface area contributed by atoms with Gasteiger partial charge in [-0.25, -0.2) is 4.68 Å². The Labute approximate surface area is 177 Å². The summed E-state index contributed by atoms with van der Waals surface area (Å²) in [5, 5.41) is 19.6. The fraction of sp³-hybridized carbons (Fsp3) is 0. The number of hydrogen-bond acceptors (Lipinski definition) is 4. The molecule has 6 rings (SSSR count). The van der Waals surface area contributed by atoms with Crippen molar-refractivity contribution in [3.8, 4) is 27.5 Å². The van der Waals surface area contributed by atoms with Gasteiger partial charge in [0.1, 0.15) is 16.9 Å². The number of fused-ring (bicyclic) bond motifs is 2. The van der Waals surface area contributed by atoms with E-state index in [0.29, 0.717) is 0 Å².